The molecule has 1 aromatic carbocycles. The molecule has 4 nitrogen and oxygen atoms in total. The molecule has 0 saturated carbocycles. The normalized spacial score (nSPS) is 19.0. The Bertz CT molecular complexity index is 533. The summed E-state index contributed by atoms with van der Waals surface area (Å²) in [7, 11) is 0. The number of amides is 1. The lowest BCUT2D eigenvalue weighted by molar-refractivity contribution is -0.126. The summed E-state index contributed by atoms with van der Waals surface area (Å²) >= 11 is 0. The van der Waals surface area contributed by atoms with Crippen molar-refractivity contribution < 1.29 is 4.79 Å². The first-order valence-electron chi connectivity index (χ1n) is 9.28. The van der Waals surface area contributed by atoms with Gasteiger partial charge in [0.2, 0.25) is 5.91 Å². The van der Waals surface area contributed by atoms with Gasteiger partial charge in [-0.3, -0.25) is 9.69 Å². The zero-order chi connectivity index (χ0) is 17.6. The molecule has 1 fully saturated rings. The van der Waals surface area contributed by atoms with Gasteiger partial charge in [0.1, 0.15) is 0 Å². The zero-order valence-electron chi connectivity index (χ0n) is 15.5. The largest absolute Gasteiger partial charge is 0.350 e. The summed E-state index contributed by atoms with van der Waals surface area (Å²) in [5.74, 6) is 0.780. The lowest BCUT2D eigenvalue weighted by Gasteiger charge is -2.31. The molecular weight excluding hydrogens is 298 g/mol. The van der Waals surface area contributed by atoms with Crippen molar-refractivity contribution >= 4 is 5.91 Å². The third-order valence-corrected chi connectivity index (χ3v) is 5.12. The van der Waals surface area contributed by atoms with Crippen molar-refractivity contribution in [1.82, 2.24) is 10.2 Å². The molecule has 1 aliphatic rings. The molecule has 0 spiro atoms. The summed E-state index contributed by atoms with van der Waals surface area (Å²) in [5, 5.41) is 3.03. The summed E-state index contributed by atoms with van der Waals surface area (Å²) in [4.78, 5) is 14.8. The van der Waals surface area contributed by atoms with Crippen LogP contribution in [0.5, 0.6) is 0 Å². The Morgan fingerprint density at radius 1 is 1.29 bits per heavy atom. The van der Waals surface area contributed by atoms with Crippen LogP contribution in [0.4, 0.5) is 0 Å². The standard InChI is InChI=1S/C20H33N3O/c1-4-11-20(3,21)19(24)22-14-17-7-5-6-8-18(17)15-23-12-9-16(2)10-13-23/h5-8,16H,4,9-15,21H2,1-3H3,(H,22,24). The average Bonchev–Trinajstić information content (AvgIpc) is 2.55. The van der Waals surface area contributed by atoms with Crippen molar-refractivity contribution in [2.45, 2.75) is 65.1 Å². The molecule has 24 heavy (non-hydrogen) atoms. The van der Waals surface area contributed by atoms with Crippen LogP contribution in [0.1, 0.15) is 57.6 Å². The van der Waals surface area contributed by atoms with E-state index in [0.29, 0.717) is 13.0 Å². The number of nitrogens with two attached hydrogens (primary N) is 1. The second-order valence-corrected chi connectivity index (χ2v) is 7.58. The molecule has 1 saturated heterocycles. The lowest BCUT2D eigenvalue weighted by atomic mass is 9.96. The predicted octanol–water partition coefficient (Wildman–Crippen LogP) is 3.05. The second kappa shape index (κ2) is 8.63. The van der Waals surface area contributed by atoms with E-state index in [-0.39, 0.29) is 5.91 Å². The van der Waals surface area contributed by atoms with E-state index in [9.17, 15) is 4.79 Å². The van der Waals surface area contributed by atoms with Crippen molar-refractivity contribution in [2.75, 3.05) is 13.1 Å². The highest BCUT2D eigenvalue weighted by Crippen LogP contribution is 2.20. The van der Waals surface area contributed by atoms with E-state index < -0.39 is 5.54 Å². The first kappa shape index (κ1) is 18.9. The van der Waals surface area contributed by atoms with Gasteiger partial charge in [0.05, 0.1) is 5.54 Å². The van der Waals surface area contributed by atoms with E-state index >= 15 is 0 Å². The van der Waals surface area contributed by atoms with Gasteiger partial charge in [-0.1, -0.05) is 44.5 Å². The number of hydrogen-bond donors (Lipinski definition) is 2. The van der Waals surface area contributed by atoms with E-state index in [1.54, 1.807) is 0 Å². The summed E-state index contributed by atoms with van der Waals surface area (Å²) in [5.41, 5.74) is 7.83. The first-order chi connectivity index (χ1) is 11.4. The first-order valence-corrected chi connectivity index (χ1v) is 9.28. The fraction of sp³-hybridized carbons (Fsp3) is 0.650. The van der Waals surface area contributed by atoms with Gasteiger partial charge < -0.3 is 11.1 Å². The number of carbonyl (C=O) groups excluding carboxylic acids is 1. The fourth-order valence-corrected chi connectivity index (χ4v) is 3.36. The van der Waals surface area contributed by atoms with Crippen LogP contribution in [0.2, 0.25) is 0 Å². The van der Waals surface area contributed by atoms with Gasteiger partial charge in [0.15, 0.2) is 0 Å². The van der Waals surface area contributed by atoms with Gasteiger partial charge in [-0.15, -0.1) is 0 Å². The zero-order valence-corrected chi connectivity index (χ0v) is 15.5. The molecular formula is C20H33N3O. The van der Waals surface area contributed by atoms with Crippen LogP contribution in [-0.2, 0) is 17.9 Å². The van der Waals surface area contributed by atoms with E-state index in [4.69, 9.17) is 5.73 Å². The highest BCUT2D eigenvalue weighted by molar-refractivity contribution is 5.85. The van der Waals surface area contributed by atoms with Crippen LogP contribution in [0.25, 0.3) is 0 Å². The van der Waals surface area contributed by atoms with Gasteiger partial charge in [0.25, 0.3) is 0 Å². The number of nitrogens with one attached hydrogen (secondary N) is 1. The van der Waals surface area contributed by atoms with Crippen LogP contribution in [-0.4, -0.2) is 29.4 Å². The molecule has 1 aliphatic heterocycles. The summed E-state index contributed by atoms with van der Waals surface area (Å²) in [6.07, 6.45) is 4.17. The average molecular weight is 332 g/mol. The Morgan fingerprint density at radius 3 is 2.54 bits per heavy atom. The minimum atomic E-state index is -0.785. The van der Waals surface area contributed by atoms with Crippen LogP contribution in [0, 0.1) is 5.92 Å². The molecule has 134 valence electrons. The number of benzene rings is 1. The highest BCUT2D eigenvalue weighted by Gasteiger charge is 2.26. The Hall–Kier alpha value is -1.39. The smallest absolute Gasteiger partial charge is 0.240 e. The van der Waals surface area contributed by atoms with Crippen molar-refractivity contribution in [3.63, 3.8) is 0 Å². The molecule has 1 unspecified atom stereocenters. The number of rotatable bonds is 7. The monoisotopic (exact) mass is 331 g/mol. The van der Waals surface area contributed by atoms with Crippen molar-refractivity contribution in [2.24, 2.45) is 11.7 Å². The van der Waals surface area contributed by atoms with Crippen LogP contribution in [0.15, 0.2) is 24.3 Å². The topological polar surface area (TPSA) is 58.4 Å². The quantitative estimate of drug-likeness (QED) is 0.807. The third kappa shape index (κ3) is 5.32. The molecule has 3 N–H and O–H groups in total. The second-order valence-electron chi connectivity index (χ2n) is 7.58. The number of piperidine rings is 1. The summed E-state index contributed by atoms with van der Waals surface area (Å²) < 4.78 is 0. The molecule has 0 aromatic heterocycles. The Balaban J connectivity index is 1.95. The van der Waals surface area contributed by atoms with Gasteiger partial charge in [-0.25, -0.2) is 0 Å². The number of nitrogens with zero attached hydrogens (tertiary/aromatic N) is 1. The Kier molecular flexibility index (Phi) is 6.81. The number of carbonyl (C=O) groups is 1. The van der Waals surface area contributed by atoms with Crippen molar-refractivity contribution in [3.8, 4) is 0 Å². The van der Waals surface area contributed by atoms with Crippen LogP contribution >= 0.6 is 0 Å². The van der Waals surface area contributed by atoms with Gasteiger partial charge in [-0.05, 0) is 56.3 Å². The maximum Gasteiger partial charge on any atom is 0.240 e. The maximum atomic E-state index is 12.3. The van der Waals surface area contributed by atoms with Gasteiger partial charge >= 0.3 is 0 Å². The van der Waals surface area contributed by atoms with E-state index in [1.807, 2.05) is 19.9 Å². The van der Waals surface area contributed by atoms with Gasteiger partial charge in [0, 0.05) is 13.1 Å². The molecule has 0 bridgehead atoms. The molecule has 0 radical (unpaired) electrons. The highest BCUT2D eigenvalue weighted by atomic mass is 16.2. The summed E-state index contributed by atoms with van der Waals surface area (Å²) in [6.45, 7) is 10.0. The molecule has 1 aromatic rings. The van der Waals surface area contributed by atoms with Crippen molar-refractivity contribution in [3.05, 3.63) is 35.4 Å². The van der Waals surface area contributed by atoms with Crippen LogP contribution in [0.3, 0.4) is 0 Å². The molecule has 1 heterocycles. The molecule has 1 atom stereocenters. The lowest BCUT2D eigenvalue weighted by Crippen LogP contribution is -2.51. The fourth-order valence-electron chi connectivity index (χ4n) is 3.36. The minimum absolute atomic E-state index is 0.0639. The predicted molar refractivity (Wildman–Crippen MR) is 99.5 cm³/mol. The SMILES string of the molecule is CCCC(C)(N)C(=O)NCc1ccccc1CN1CCC(C)CC1. The number of likely N-dealkylation sites (tertiary alicyclic amines) is 1. The molecule has 0 aliphatic carbocycles. The number of hydrogen-bond acceptors (Lipinski definition) is 3. The van der Waals surface area contributed by atoms with E-state index in [0.717, 1.165) is 18.9 Å². The van der Waals surface area contributed by atoms with E-state index in [1.165, 1.54) is 37.1 Å². The van der Waals surface area contributed by atoms with Crippen molar-refractivity contribution in [1.29, 1.82) is 0 Å². The maximum absolute atomic E-state index is 12.3. The Labute approximate surface area is 146 Å². The minimum Gasteiger partial charge on any atom is -0.350 e. The molecule has 2 rings (SSSR count). The summed E-state index contributed by atoms with van der Waals surface area (Å²) in [6, 6.07) is 8.40. The van der Waals surface area contributed by atoms with E-state index in [2.05, 4.69) is 35.3 Å². The molecule has 4 heteroatoms. The van der Waals surface area contributed by atoms with Crippen LogP contribution < -0.4 is 11.1 Å². The molecule has 1 amide bonds. The van der Waals surface area contributed by atoms with Gasteiger partial charge in [-0.2, -0.15) is 0 Å². The third-order valence-electron chi connectivity index (χ3n) is 5.12. The Morgan fingerprint density at radius 2 is 1.92 bits per heavy atom.